The first-order chi connectivity index (χ1) is 3.66. The normalized spacial score (nSPS) is 10.8. The molecule has 44 valence electrons. The zero-order valence-corrected chi connectivity index (χ0v) is 4.42. The van der Waals surface area contributed by atoms with E-state index in [2.05, 4.69) is 6.58 Å². The van der Waals surface area contributed by atoms with E-state index in [-0.39, 0.29) is 5.70 Å². The lowest BCUT2D eigenvalue weighted by Crippen LogP contribution is -2.09. The Morgan fingerprint density at radius 1 is 1.50 bits per heavy atom. The first-order valence-electron chi connectivity index (χ1n) is 2.06. The van der Waals surface area contributed by atoms with E-state index in [9.17, 15) is 4.79 Å². The smallest absolute Gasteiger partial charge is 0.243 e. The van der Waals surface area contributed by atoms with Gasteiger partial charge in [-0.15, -0.1) is 0 Å². The number of hydrogen-bond acceptors (Lipinski definition) is 2. The van der Waals surface area contributed by atoms with Crippen molar-refractivity contribution in [3.63, 3.8) is 0 Å². The summed E-state index contributed by atoms with van der Waals surface area (Å²) in [4.78, 5) is 9.99. The summed E-state index contributed by atoms with van der Waals surface area (Å²) in [6.07, 6.45) is 2.46. The molecule has 1 amide bonds. The van der Waals surface area contributed by atoms with Gasteiger partial charge in [0.1, 0.15) is 0 Å². The summed E-state index contributed by atoms with van der Waals surface area (Å²) in [5, 5.41) is 0. The van der Waals surface area contributed by atoms with E-state index >= 15 is 0 Å². The summed E-state index contributed by atoms with van der Waals surface area (Å²) in [5.41, 5.74) is 10.1. The Morgan fingerprint density at radius 2 is 2.00 bits per heavy atom. The Hall–Kier alpha value is -1.25. The summed E-state index contributed by atoms with van der Waals surface area (Å²) in [6.45, 7) is 3.31. The molecule has 0 spiro atoms. The Balaban J connectivity index is 3.94. The Kier molecular flexibility index (Phi) is 2.40. The summed E-state index contributed by atoms with van der Waals surface area (Å²) in [6, 6.07) is 0. The van der Waals surface area contributed by atoms with Crippen molar-refractivity contribution in [1.82, 2.24) is 0 Å². The van der Waals surface area contributed by atoms with Gasteiger partial charge >= 0.3 is 0 Å². The van der Waals surface area contributed by atoms with Crippen LogP contribution in [0.15, 0.2) is 24.4 Å². The monoisotopic (exact) mass is 112 g/mol. The van der Waals surface area contributed by atoms with Crippen molar-refractivity contribution in [2.24, 2.45) is 11.5 Å². The molecule has 0 aromatic rings. The number of allylic oxidation sites excluding steroid dienone is 1. The predicted molar refractivity (Wildman–Crippen MR) is 31.7 cm³/mol. The van der Waals surface area contributed by atoms with E-state index in [1.54, 1.807) is 0 Å². The van der Waals surface area contributed by atoms with Crippen LogP contribution in [-0.2, 0) is 4.79 Å². The molecule has 0 aliphatic heterocycles. The van der Waals surface area contributed by atoms with Gasteiger partial charge in [0.2, 0.25) is 5.91 Å². The first kappa shape index (κ1) is 6.75. The van der Waals surface area contributed by atoms with Crippen LogP contribution < -0.4 is 11.5 Å². The van der Waals surface area contributed by atoms with Crippen molar-refractivity contribution in [2.75, 3.05) is 0 Å². The largest absolute Gasteiger partial charge is 0.399 e. The van der Waals surface area contributed by atoms with Gasteiger partial charge in [0.05, 0.1) is 0 Å². The molecule has 0 heterocycles. The van der Waals surface area contributed by atoms with E-state index in [4.69, 9.17) is 11.5 Å². The van der Waals surface area contributed by atoms with E-state index in [1.807, 2.05) is 0 Å². The molecule has 4 N–H and O–H groups in total. The van der Waals surface area contributed by atoms with Gasteiger partial charge in [-0.3, -0.25) is 4.79 Å². The topological polar surface area (TPSA) is 69.1 Å². The van der Waals surface area contributed by atoms with Gasteiger partial charge in [-0.2, -0.15) is 0 Å². The van der Waals surface area contributed by atoms with E-state index < -0.39 is 5.91 Å². The van der Waals surface area contributed by atoms with Crippen LogP contribution in [0.2, 0.25) is 0 Å². The molecule has 0 aliphatic rings. The molecule has 0 rings (SSSR count). The highest BCUT2D eigenvalue weighted by Gasteiger charge is 1.83. The number of hydrogen-bond donors (Lipinski definition) is 2. The number of rotatable bonds is 2. The average Bonchev–Trinajstić information content (AvgIpc) is 1.65. The van der Waals surface area contributed by atoms with Crippen molar-refractivity contribution >= 4 is 5.91 Å². The second-order valence-electron chi connectivity index (χ2n) is 1.25. The van der Waals surface area contributed by atoms with Crippen molar-refractivity contribution in [1.29, 1.82) is 0 Å². The van der Waals surface area contributed by atoms with Crippen LogP contribution in [0.1, 0.15) is 0 Å². The molecule has 0 saturated heterocycles. The lowest BCUT2D eigenvalue weighted by atomic mass is 10.4. The maximum atomic E-state index is 9.99. The maximum Gasteiger partial charge on any atom is 0.243 e. The zero-order chi connectivity index (χ0) is 6.57. The minimum absolute atomic E-state index is 0.289. The molecule has 8 heavy (non-hydrogen) atoms. The lowest BCUT2D eigenvalue weighted by molar-refractivity contribution is -0.113. The van der Waals surface area contributed by atoms with Gasteiger partial charge in [-0.1, -0.05) is 6.58 Å². The van der Waals surface area contributed by atoms with Crippen LogP contribution in [0, 0.1) is 0 Å². The molecular weight excluding hydrogens is 104 g/mol. The fraction of sp³-hybridized carbons (Fsp3) is 0. The molecule has 3 heteroatoms. The van der Waals surface area contributed by atoms with Gasteiger partial charge in [-0.05, 0) is 6.08 Å². The Labute approximate surface area is 47.7 Å². The van der Waals surface area contributed by atoms with Crippen molar-refractivity contribution in [3.05, 3.63) is 24.4 Å². The molecule has 0 radical (unpaired) electrons. The first-order valence-corrected chi connectivity index (χ1v) is 2.06. The number of nitrogens with two attached hydrogens (primary N) is 2. The second-order valence-corrected chi connectivity index (χ2v) is 1.25. The minimum atomic E-state index is -0.553. The second kappa shape index (κ2) is 2.85. The molecular formula is C5H8N2O. The summed E-state index contributed by atoms with van der Waals surface area (Å²) < 4.78 is 0. The molecule has 0 aliphatic carbocycles. The fourth-order valence-electron chi connectivity index (χ4n) is 0.223. The summed E-state index contributed by atoms with van der Waals surface area (Å²) in [7, 11) is 0. The van der Waals surface area contributed by atoms with Crippen LogP contribution in [0.25, 0.3) is 0 Å². The highest BCUT2D eigenvalue weighted by Crippen LogP contribution is 1.79. The average molecular weight is 112 g/mol. The van der Waals surface area contributed by atoms with E-state index in [0.717, 1.165) is 6.08 Å². The van der Waals surface area contributed by atoms with Crippen LogP contribution in [-0.4, -0.2) is 5.91 Å². The molecule has 3 nitrogen and oxygen atoms in total. The number of carbonyl (C=O) groups excluding carboxylic acids is 1. The molecule has 0 bridgehead atoms. The van der Waals surface area contributed by atoms with Crippen molar-refractivity contribution in [2.45, 2.75) is 0 Å². The van der Waals surface area contributed by atoms with Crippen LogP contribution in [0.5, 0.6) is 0 Å². The van der Waals surface area contributed by atoms with Crippen molar-refractivity contribution in [3.8, 4) is 0 Å². The Morgan fingerprint density at radius 3 is 2.12 bits per heavy atom. The predicted octanol–water partition coefficient (Wildman–Crippen LogP) is -0.500. The van der Waals surface area contributed by atoms with Gasteiger partial charge in [-0.25, -0.2) is 0 Å². The molecule has 0 aromatic carbocycles. The van der Waals surface area contributed by atoms with Gasteiger partial charge in [0, 0.05) is 11.8 Å². The molecule has 0 saturated carbocycles. The fourth-order valence-corrected chi connectivity index (χ4v) is 0.223. The number of primary amides is 1. The molecule has 0 atom stereocenters. The van der Waals surface area contributed by atoms with E-state index in [0.29, 0.717) is 0 Å². The number of carbonyl (C=O) groups is 1. The third-order valence-electron chi connectivity index (χ3n) is 0.545. The highest BCUT2D eigenvalue weighted by molar-refractivity contribution is 5.86. The Bertz CT molecular complexity index is 137. The number of amides is 1. The molecule has 0 aromatic heterocycles. The van der Waals surface area contributed by atoms with E-state index in [1.165, 1.54) is 6.08 Å². The SMILES string of the molecule is C=C/C(N)=C\C(N)=O. The third-order valence-corrected chi connectivity index (χ3v) is 0.545. The molecule has 0 fully saturated rings. The lowest BCUT2D eigenvalue weighted by Gasteiger charge is -1.84. The summed E-state index contributed by atoms with van der Waals surface area (Å²) in [5.74, 6) is -0.553. The maximum absolute atomic E-state index is 9.99. The van der Waals surface area contributed by atoms with Gasteiger partial charge in [0.15, 0.2) is 0 Å². The summed E-state index contributed by atoms with van der Waals surface area (Å²) >= 11 is 0. The highest BCUT2D eigenvalue weighted by atomic mass is 16.1. The third kappa shape index (κ3) is 2.96. The van der Waals surface area contributed by atoms with Crippen molar-refractivity contribution < 1.29 is 4.79 Å². The van der Waals surface area contributed by atoms with Crippen LogP contribution >= 0.6 is 0 Å². The van der Waals surface area contributed by atoms with Crippen LogP contribution in [0.3, 0.4) is 0 Å². The quantitative estimate of drug-likeness (QED) is 0.373. The molecule has 0 unspecified atom stereocenters. The standard InChI is InChI=1S/C5H8N2O/c1-2-4(6)3-5(7)8/h2-3H,1,6H2,(H2,7,8)/b4-3+. The zero-order valence-electron chi connectivity index (χ0n) is 4.42. The van der Waals surface area contributed by atoms with Gasteiger partial charge in [0.25, 0.3) is 0 Å². The minimum Gasteiger partial charge on any atom is -0.399 e. The van der Waals surface area contributed by atoms with Gasteiger partial charge < -0.3 is 11.5 Å². The van der Waals surface area contributed by atoms with Crippen LogP contribution in [0.4, 0.5) is 0 Å².